The van der Waals surface area contributed by atoms with Crippen molar-refractivity contribution in [1.82, 2.24) is 10.2 Å². The second-order valence-electron chi connectivity index (χ2n) is 6.56. The van der Waals surface area contributed by atoms with E-state index in [0.29, 0.717) is 6.04 Å². The lowest BCUT2D eigenvalue weighted by atomic mass is 9.80. The van der Waals surface area contributed by atoms with Gasteiger partial charge in [0.2, 0.25) is 0 Å². The van der Waals surface area contributed by atoms with Crippen LogP contribution >= 0.6 is 24.8 Å². The molecule has 21 heavy (non-hydrogen) atoms. The minimum absolute atomic E-state index is 0. The molecule has 0 amide bonds. The summed E-state index contributed by atoms with van der Waals surface area (Å²) >= 11 is 0. The van der Waals surface area contributed by atoms with Crippen molar-refractivity contribution in [2.45, 2.75) is 33.7 Å². The van der Waals surface area contributed by atoms with Crippen LogP contribution in [-0.2, 0) is 0 Å². The van der Waals surface area contributed by atoms with Gasteiger partial charge in [0.15, 0.2) is 0 Å². The van der Waals surface area contributed by atoms with Crippen LogP contribution in [0.4, 0.5) is 4.39 Å². The minimum Gasteiger partial charge on any atom is -0.314 e. The van der Waals surface area contributed by atoms with Gasteiger partial charge in [0, 0.05) is 32.2 Å². The Hall–Kier alpha value is -0.350. The van der Waals surface area contributed by atoms with Gasteiger partial charge in [-0.25, -0.2) is 4.39 Å². The molecule has 1 N–H and O–H groups in total. The predicted molar refractivity (Wildman–Crippen MR) is 92.3 cm³/mol. The summed E-state index contributed by atoms with van der Waals surface area (Å²) in [5.74, 6) is -0.114. The molecule has 1 atom stereocenters. The third-order valence-corrected chi connectivity index (χ3v) is 3.83. The highest BCUT2D eigenvalue weighted by Crippen LogP contribution is 2.38. The lowest BCUT2D eigenvalue weighted by molar-refractivity contribution is 0.0861. The van der Waals surface area contributed by atoms with Crippen LogP contribution in [0.2, 0.25) is 0 Å². The zero-order valence-corrected chi connectivity index (χ0v) is 14.9. The SMILES string of the molecule is Cc1cc([C@@H](N2CCNCC2)C(C)(C)C)ccc1F.Cl.Cl. The molecule has 0 unspecified atom stereocenters. The first-order valence-corrected chi connectivity index (χ1v) is 7.10. The predicted octanol–water partition coefficient (Wildman–Crippen LogP) is 3.97. The van der Waals surface area contributed by atoms with Crippen molar-refractivity contribution in [3.05, 3.63) is 35.1 Å². The molecule has 2 nitrogen and oxygen atoms in total. The number of rotatable bonds is 2. The van der Waals surface area contributed by atoms with Gasteiger partial charge in [0.1, 0.15) is 5.82 Å². The molecule has 1 fully saturated rings. The first-order chi connectivity index (χ1) is 8.89. The minimum atomic E-state index is -0.114. The highest BCUT2D eigenvalue weighted by Gasteiger charge is 2.32. The van der Waals surface area contributed by atoms with Crippen molar-refractivity contribution in [1.29, 1.82) is 0 Å². The second-order valence-corrected chi connectivity index (χ2v) is 6.56. The van der Waals surface area contributed by atoms with Gasteiger partial charge in [0.05, 0.1) is 0 Å². The molecular weight excluding hydrogens is 310 g/mol. The molecule has 1 aliphatic rings. The molecule has 1 saturated heterocycles. The van der Waals surface area contributed by atoms with Crippen LogP contribution in [0, 0.1) is 18.2 Å². The van der Waals surface area contributed by atoms with Crippen molar-refractivity contribution < 1.29 is 4.39 Å². The molecule has 122 valence electrons. The number of hydrogen-bond acceptors (Lipinski definition) is 2. The van der Waals surface area contributed by atoms with Crippen LogP contribution in [-0.4, -0.2) is 31.1 Å². The molecule has 2 rings (SSSR count). The van der Waals surface area contributed by atoms with E-state index < -0.39 is 0 Å². The summed E-state index contributed by atoms with van der Waals surface area (Å²) in [5.41, 5.74) is 2.11. The molecule has 0 aliphatic carbocycles. The maximum absolute atomic E-state index is 13.5. The third kappa shape index (κ3) is 5.10. The Bertz CT molecular complexity index is 440. The van der Waals surface area contributed by atoms with Crippen molar-refractivity contribution in [3.63, 3.8) is 0 Å². The van der Waals surface area contributed by atoms with Gasteiger partial charge >= 0.3 is 0 Å². The van der Waals surface area contributed by atoms with E-state index in [4.69, 9.17) is 0 Å². The Morgan fingerprint density at radius 1 is 1.14 bits per heavy atom. The lowest BCUT2D eigenvalue weighted by Gasteiger charge is -2.42. The van der Waals surface area contributed by atoms with Crippen LogP contribution in [0.15, 0.2) is 18.2 Å². The molecular formula is C16H27Cl2FN2. The maximum atomic E-state index is 13.5. The van der Waals surface area contributed by atoms with Crippen LogP contribution < -0.4 is 5.32 Å². The topological polar surface area (TPSA) is 15.3 Å². The number of benzene rings is 1. The van der Waals surface area contributed by atoms with E-state index in [0.717, 1.165) is 31.7 Å². The molecule has 1 aromatic carbocycles. The fourth-order valence-electron chi connectivity index (χ4n) is 3.04. The first-order valence-electron chi connectivity index (χ1n) is 7.10. The van der Waals surface area contributed by atoms with Crippen LogP contribution in [0.3, 0.4) is 0 Å². The van der Waals surface area contributed by atoms with Crippen molar-refractivity contribution >= 4 is 24.8 Å². The largest absolute Gasteiger partial charge is 0.314 e. The van der Waals surface area contributed by atoms with Gasteiger partial charge in [-0.15, -0.1) is 24.8 Å². The van der Waals surface area contributed by atoms with E-state index in [1.807, 2.05) is 19.1 Å². The summed E-state index contributed by atoms with van der Waals surface area (Å²) < 4.78 is 13.5. The number of nitrogens with one attached hydrogen (secondary N) is 1. The van der Waals surface area contributed by atoms with Crippen molar-refractivity contribution in [2.24, 2.45) is 5.41 Å². The van der Waals surface area contributed by atoms with Gasteiger partial charge < -0.3 is 5.32 Å². The summed E-state index contributed by atoms with van der Waals surface area (Å²) in [5, 5.41) is 3.39. The van der Waals surface area contributed by atoms with Crippen LogP contribution in [0.1, 0.15) is 37.9 Å². The van der Waals surface area contributed by atoms with E-state index in [2.05, 4.69) is 31.0 Å². The molecule has 1 heterocycles. The Balaban J connectivity index is 0.00000200. The molecule has 0 saturated carbocycles. The van der Waals surface area contributed by atoms with Gasteiger partial charge in [-0.1, -0.05) is 32.9 Å². The fraction of sp³-hybridized carbons (Fsp3) is 0.625. The number of halogens is 3. The Labute approximate surface area is 140 Å². The summed E-state index contributed by atoms with van der Waals surface area (Å²) in [6.07, 6.45) is 0. The molecule has 0 aromatic heterocycles. The number of hydrogen-bond donors (Lipinski definition) is 1. The lowest BCUT2D eigenvalue weighted by Crippen LogP contribution is -2.48. The maximum Gasteiger partial charge on any atom is 0.126 e. The fourth-order valence-corrected chi connectivity index (χ4v) is 3.04. The number of aryl methyl sites for hydroxylation is 1. The number of piperazine rings is 1. The Morgan fingerprint density at radius 2 is 1.71 bits per heavy atom. The van der Waals surface area contributed by atoms with Crippen molar-refractivity contribution in [2.75, 3.05) is 26.2 Å². The highest BCUT2D eigenvalue weighted by molar-refractivity contribution is 5.85. The van der Waals surface area contributed by atoms with E-state index in [1.54, 1.807) is 6.07 Å². The van der Waals surface area contributed by atoms with Gasteiger partial charge in [-0.3, -0.25) is 4.90 Å². The monoisotopic (exact) mass is 336 g/mol. The Morgan fingerprint density at radius 3 is 2.19 bits per heavy atom. The summed E-state index contributed by atoms with van der Waals surface area (Å²) in [4.78, 5) is 2.52. The number of nitrogens with zero attached hydrogens (tertiary/aromatic N) is 1. The smallest absolute Gasteiger partial charge is 0.126 e. The normalized spacial score (nSPS) is 17.6. The molecule has 0 spiro atoms. The average molecular weight is 337 g/mol. The van der Waals surface area contributed by atoms with Gasteiger partial charge in [-0.05, 0) is 29.5 Å². The zero-order chi connectivity index (χ0) is 14.0. The summed E-state index contributed by atoms with van der Waals surface area (Å²) in [7, 11) is 0. The second kappa shape index (κ2) is 8.33. The van der Waals surface area contributed by atoms with E-state index in [1.165, 1.54) is 5.56 Å². The molecule has 5 heteroatoms. The molecule has 1 aromatic rings. The van der Waals surface area contributed by atoms with Crippen LogP contribution in [0.5, 0.6) is 0 Å². The molecule has 1 aliphatic heterocycles. The quantitative estimate of drug-likeness (QED) is 0.878. The third-order valence-electron chi connectivity index (χ3n) is 3.83. The zero-order valence-electron chi connectivity index (χ0n) is 13.3. The van der Waals surface area contributed by atoms with Gasteiger partial charge in [-0.2, -0.15) is 0 Å². The average Bonchev–Trinajstić information content (AvgIpc) is 2.34. The first kappa shape index (κ1) is 20.6. The van der Waals surface area contributed by atoms with Gasteiger partial charge in [0.25, 0.3) is 0 Å². The van der Waals surface area contributed by atoms with E-state index in [-0.39, 0.29) is 36.0 Å². The van der Waals surface area contributed by atoms with Crippen molar-refractivity contribution in [3.8, 4) is 0 Å². The summed E-state index contributed by atoms with van der Waals surface area (Å²) in [6, 6.07) is 5.90. The molecule has 0 bridgehead atoms. The Kier molecular flexibility index (Phi) is 8.19. The standard InChI is InChI=1S/C16H25FN2.2ClH/c1-12-11-13(5-6-14(12)17)15(16(2,3)4)19-9-7-18-8-10-19;;/h5-6,11,15,18H,7-10H2,1-4H3;2*1H/t15-;;/m1../s1. The van der Waals surface area contributed by atoms with Crippen LogP contribution in [0.25, 0.3) is 0 Å². The summed E-state index contributed by atoms with van der Waals surface area (Å²) in [6.45, 7) is 12.8. The van der Waals surface area contributed by atoms with E-state index >= 15 is 0 Å². The highest BCUT2D eigenvalue weighted by atomic mass is 35.5. The van der Waals surface area contributed by atoms with E-state index in [9.17, 15) is 4.39 Å². The molecule has 0 radical (unpaired) electrons.